The molecule has 2 aromatic rings. The lowest BCUT2D eigenvalue weighted by Gasteiger charge is -2.29. The lowest BCUT2D eigenvalue weighted by Crippen LogP contribution is -2.39. The van der Waals surface area contributed by atoms with Crippen molar-refractivity contribution < 1.29 is 9.53 Å². The van der Waals surface area contributed by atoms with Crippen molar-refractivity contribution in [2.75, 3.05) is 0 Å². The number of nitrogens with one attached hydrogen (secondary N) is 1. The van der Waals surface area contributed by atoms with E-state index in [4.69, 9.17) is 10.00 Å². The van der Waals surface area contributed by atoms with Gasteiger partial charge in [-0.15, -0.1) is 0 Å². The minimum atomic E-state index is -0.0413. The van der Waals surface area contributed by atoms with Crippen LogP contribution in [0, 0.1) is 18.3 Å². The Bertz CT molecular complexity index is 758. The highest BCUT2D eigenvalue weighted by molar-refractivity contribution is 7.03. The number of carbonyl (C=O) groups excluding carboxylic acids is 1. The SMILES string of the molecule is Cc1nscc1C(=O)NC1CCC(Oc2ccccc2C#N)CC1. The molecule has 0 saturated heterocycles. The first-order valence-corrected chi connectivity index (χ1v) is 8.88. The van der Waals surface area contributed by atoms with Crippen LogP contribution in [0.1, 0.15) is 47.3 Å². The number of hydrogen-bond acceptors (Lipinski definition) is 5. The van der Waals surface area contributed by atoms with Gasteiger partial charge in [0.15, 0.2) is 0 Å². The summed E-state index contributed by atoms with van der Waals surface area (Å²) in [6.45, 7) is 1.85. The van der Waals surface area contributed by atoms with Crippen LogP contribution in [0.15, 0.2) is 29.6 Å². The van der Waals surface area contributed by atoms with E-state index >= 15 is 0 Å². The number of amides is 1. The Labute approximate surface area is 145 Å². The number of hydrogen-bond donors (Lipinski definition) is 1. The normalized spacial score (nSPS) is 20.2. The van der Waals surface area contributed by atoms with Gasteiger partial charge in [0, 0.05) is 11.4 Å². The van der Waals surface area contributed by atoms with Crippen molar-refractivity contribution in [2.45, 2.75) is 44.8 Å². The zero-order chi connectivity index (χ0) is 16.9. The van der Waals surface area contributed by atoms with Gasteiger partial charge in [0.05, 0.1) is 22.9 Å². The van der Waals surface area contributed by atoms with E-state index in [-0.39, 0.29) is 18.1 Å². The molecule has 0 spiro atoms. The third kappa shape index (κ3) is 3.74. The molecule has 0 aliphatic heterocycles. The van der Waals surface area contributed by atoms with Crippen molar-refractivity contribution in [3.05, 3.63) is 46.5 Å². The minimum absolute atomic E-state index is 0.0413. The number of aryl methyl sites for hydroxylation is 1. The molecule has 1 fully saturated rings. The van der Waals surface area contributed by atoms with Crippen LogP contribution in [-0.2, 0) is 0 Å². The van der Waals surface area contributed by atoms with E-state index in [1.54, 1.807) is 11.4 Å². The van der Waals surface area contributed by atoms with Crippen LogP contribution in [0.5, 0.6) is 5.75 Å². The van der Waals surface area contributed by atoms with Gasteiger partial charge in [-0.1, -0.05) is 12.1 Å². The van der Waals surface area contributed by atoms with Crippen LogP contribution in [-0.4, -0.2) is 22.4 Å². The molecule has 1 aliphatic carbocycles. The number of nitriles is 1. The maximum Gasteiger partial charge on any atom is 0.254 e. The second kappa shape index (κ2) is 7.45. The molecule has 0 bridgehead atoms. The first kappa shape index (κ1) is 16.5. The summed E-state index contributed by atoms with van der Waals surface area (Å²) in [6, 6.07) is 9.62. The maximum atomic E-state index is 12.2. The number of nitrogens with zero attached hydrogens (tertiary/aromatic N) is 2. The van der Waals surface area contributed by atoms with Crippen LogP contribution in [0.4, 0.5) is 0 Å². The Morgan fingerprint density at radius 3 is 2.75 bits per heavy atom. The zero-order valence-corrected chi connectivity index (χ0v) is 14.3. The molecule has 6 heteroatoms. The van der Waals surface area contributed by atoms with Crippen LogP contribution in [0.3, 0.4) is 0 Å². The van der Waals surface area contributed by atoms with Gasteiger partial charge in [0.1, 0.15) is 11.8 Å². The van der Waals surface area contributed by atoms with E-state index in [2.05, 4.69) is 15.8 Å². The molecular weight excluding hydrogens is 322 g/mol. The lowest BCUT2D eigenvalue weighted by atomic mass is 9.92. The summed E-state index contributed by atoms with van der Waals surface area (Å²) < 4.78 is 10.1. The fourth-order valence-corrected chi connectivity index (χ4v) is 3.63. The van der Waals surface area contributed by atoms with Gasteiger partial charge >= 0.3 is 0 Å². The summed E-state index contributed by atoms with van der Waals surface area (Å²) in [4.78, 5) is 12.2. The number of aromatic nitrogens is 1. The molecular formula is C18H19N3O2S. The molecule has 0 unspecified atom stereocenters. The molecule has 1 N–H and O–H groups in total. The van der Waals surface area contributed by atoms with Crippen LogP contribution in [0.2, 0.25) is 0 Å². The highest BCUT2D eigenvalue weighted by Crippen LogP contribution is 2.26. The maximum absolute atomic E-state index is 12.2. The molecule has 24 heavy (non-hydrogen) atoms. The topological polar surface area (TPSA) is 75.0 Å². The molecule has 3 rings (SSSR count). The predicted molar refractivity (Wildman–Crippen MR) is 92.1 cm³/mol. The van der Waals surface area contributed by atoms with E-state index < -0.39 is 0 Å². The van der Waals surface area contributed by atoms with Gasteiger partial charge in [0.2, 0.25) is 0 Å². The highest BCUT2D eigenvalue weighted by atomic mass is 32.1. The summed E-state index contributed by atoms with van der Waals surface area (Å²) >= 11 is 1.30. The fourth-order valence-electron chi connectivity index (χ4n) is 2.94. The molecule has 1 heterocycles. The van der Waals surface area contributed by atoms with Gasteiger partial charge in [-0.25, -0.2) is 0 Å². The quantitative estimate of drug-likeness (QED) is 0.924. The van der Waals surface area contributed by atoms with Crippen LogP contribution in [0.25, 0.3) is 0 Å². The van der Waals surface area contributed by atoms with Crippen molar-refractivity contribution in [2.24, 2.45) is 0 Å². The summed E-state index contributed by atoms with van der Waals surface area (Å²) in [5.41, 5.74) is 2.01. The molecule has 1 aromatic heterocycles. The lowest BCUT2D eigenvalue weighted by molar-refractivity contribution is 0.0893. The van der Waals surface area contributed by atoms with E-state index in [0.29, 0.717) is 16.9 Å². The Morgan fingerprint density at radius 2 is 2.08 bits per heavy atom. The Balaban J connectivity index is 1.52. The summed E-state index contributed by atoms with van der Waals surface area (Å²) in [6.07, 6.45) is 3.58. The second-order valence-electron chi connectivity index (χ2n) is 5.99. The van der Waals surface area contributed by atoms with Crippen LogP contribution >= 0.6 is 11.5 Å². The number of para-hydroxylation sites is 1. The third-order valence-electron chi connectivity index (χ3n) is 4.31. The molecule has 5 nitrogen and oxygen atoms in total. The number of carbonyl (C=O) groups is 1. The molecule has 1 amide bonds. The Hall–Kier alpha value is -2.39. The van der Waals surface area contributed by atoms with Crippen molar-refractivity contribution in [3.63, 3.8) is 0 Å². The van der Waals surface area contributed by atoms with Crippen molar-refractivity contribution in [1.29, 1.82) is 5.26 Å². The van der Waals surface area contributed by atoms with E-state index in [1.165, 1.54) is 11.5 Å². The average molecular weight is 341 g/mol. The number of ether oxygens (including phenoxy) is 1. The van der Waals surface area contributed by atoms with E-state index in [0.717, 1.165) is 31.4 Å². The molecule has 0 radical (unpaired) electrons. The highest BCUT2D eigenvalue weighted by Gasteiger charge is 2.25. The fraction of sp³-hybridized carbons (Fsp3) is 0.389. The summed E-state index contributed by atoms with van der Waals surface area (Å²) in [7, 11) is 0. The van der Waals surface area contributed by atoms with Crippen molar-refractivity contribution in [3.8, 4) is 11.8 Å². The molecule has 0 atom stereocenters. The number of rotatable bonds is 4. The smallest absolute Gasteiger partial charge is 0.254 e. The first-order valence-electron chi connectivity index (χ1n) is 8.05. The average Bonchev–Trinajstić information content (AvgIpc) is 3.03. The first-order chi connectivity index (χ1) is 11.7. The summed E-state index contributed by atoms with van der Waals surface area (Å²) in [5.74, 6) is 0.605. The van der Waals surface area contributed by atoms with Gasteiger partial charge in [-0.3, -0.25) is 4.79 Å². The van der Waals surface area contributed by atoms with E-state index in [9.17, 15) is 4.79 Å². The van der Waals surface area contributed by atoms with Gasteiger partial charge in [-0.05, 0) is 56.3 Å². The second-order valence-corrected chi connectivity index (χ2v) is 6.62. The van der Waals surface area contributed by atoms with Gasteiger partial charge < -0.3 is 10.1 Å². The Morgan fingerprint density at radius 1 is 1.33 bits per heavy atom. The van der Waals surface area contributed by atoms with Gasteiger partial charge in [0.25, 0.3) is 5.91 Å². The van der Waals surface area contributed by atoms with Crippen molar-refractivity contribution >= 4 is 17.4 Å². The third-order valence-corrected chi connectivity index (χ3v) is 5.03. The van der Waals surface area contributed by atoms with Crippen molar-refractivity contribution in [1.82, 2.24) is 9.69 Å². The summed E-state index contributed by atoms with van der Waals surface area (Å²) in [5, 5.41) is 14.0. The zero-order valence-electron chi connectivity index (χ0n) is 13.5. The minimum Gasteiger partial charge on any atom is -0.489 e. The molecule has 124 valence electrons. The molecule has 1 saturated carbocycles. The standard InChI is InChI=1S/C18H19N3O2S/c1-12-16(11-24-21-12)18(22)20-14-6-8-15(9-7-14)23-17-5-3-2-4-13(17)10-19/h2-5,11,14-15H,6-9H2,1H3,(H,20,22). The molecule has 1 aromatic carbocycles. The predicted octanol–water partition coefficient (Wildman–Crippen LogP) is 3.44. The van der Waals surface area contributed by atoms with E-state index in [1.807, 2.05) is 25.1 Å². The Kier molecular flexibility index (Phi) is 5.11. The monoisotopic (exact) mass is 341 g/mol. The van der Waals surface area contributed by atoms with Crippen LogP contribution < -0.4 is 10.1 Å². The number of benzene rings is 1. The van der Waals surface area contributed by atoms with Gasteiger partial charge in [-0.2, -0.15) is 9.64 Å². The molecule has 1 aliphatic rings. The largest absolute Gasteiger partial charge is 0.489 e.